The second kappa shape index (κ2) is 9.05. The highest BCUT2D eigenvalue weighted by Crippen LogP contribution is 2.62. The van der Waals surface area contributed by atoms with E-state index in [-0.39, 0.29) is 47.8 Å². The van der Waals surface area contributed by atoms with E-state index in [1.54, 1.807) is 0 Å². The number of allylic oxidation sites excluding steroid dienone is 2. The molecule has 1 N–H and O–H groups in total. The standard InChI is InChI=1S/C28H35NO5/c1-17-10-13-24-27(4,15-14-25(34-19(3)31)28(24,5)16-33-18(2)30)22(17)12-11-21-20-8-6-7-9-23(20)29-26(21)32/h6-9,11,22,24-25H,1,10,12-16H2,2-5H3,(H,29,32)/b21-11+/t22-,24+,25-,27+,28+/m1/s1. The number of carbonyl (C=O) groups is 3. The lowest BCUT2D eigenvalue weighted by Crippen LogP contribution is -2.58. The summed E-state index contributed by atoms with van der Waals surface area (Å²) in [6, 6.07) is 7.75. The average Bonchev–Trinajstić information content (AvgIpc) is 3.09. The van der Waals surface area contributed by atoms with E-state index in [1.165, 1.54) is 19.4 Å². The topological polar surface area (TPSA) is 81.7 Å². The molecule has 2 saturated carbocycles. The lowest BCUT2D eigenvalue weighted by molar-refractivity contribution is -0.191. The first kappa shape index (κ1) is 24.2. The third-order valence-corrected chi connectivity index (χ3v) is 8.48. The zero-order valence-electron chi connectivity index (χ0n) is 20.6. The highest BCUT2D eigenvalue weighted by Gasteiger charge is 2.59. The number of fused-ring (bicyclic) bond motifs is 2. The molecular formula is C28H35NO5. The third kappa shape index (κ3) is 4.19. The largest absolute Gasteiger partial charge is 0.465 e. The van der Waals surface area contributed by atoms with Gasteiger partial charge in [0.05, 0.1) is 0 Å². The van der Waals surface area contributed by atoms with Gasteiger partial charge < -0.3 is 14.8 Å². The van der Waals surface area contributed by atoms with Gasteiger partial charge in [0.1, 0.15) is 12.7 Å². The summed E-state index contributed by atoms with van der Waals surface area (Å²) in [5.74, 6) is -0.356. The summed E-state index contributed by atoms with van der Waals surface area (Å²) in [5.41, 5.74) is 3.09. The minimum Gasteiger partial charge on any atom is -0.465 e. The van der Waals surface area contributed by atoms with Crippen LogP contribution < -0.4 is 5.32 Å². The summed E-state index contributed by atoms with van der Waals surface area (Å²) in [7, 11) is 0. The zero-order chi connectivity index (χ0) is 24.7. The van der Waals surface area contributed by atoms with Crippen LogP contribution in [-0.4, -0.2) is 30.6 Å². The van der Waals surface area contributed by atoms with Crippen LogP contribution in [-0.2, 0) is 23.9 Å². The molecule has 2 fully saturated rings. The number of benzene rings is 1. The van der Waals surface area contributed by atoms with Gasteiger partial charge in [-0.2, -0.15) is 0 Å². The molecule has 1 aromatic carbocycles. The Morgan fingerprint density at radius 1 is 1.18 bits per heavy atom. The van der Waals surface area contributed by atoms with E-state index in [1.807, 2.05) is 24.3 Å². The number of carbonyl (C=O) groups excluding carboxylic acids is 3. The zero-order valence-corrected chi connectivity index (χ0v) is 20.6. The summed E-state index contributed by atoms with van der Waals surface area (Å²) in [5, 5.41) is 2.95. The van der Waals surface area contributed by atoms with Crippen LogP contribution in [0.15, 0.2) is 42.5 Å². The molecule has 0 bridgehead atoms. The van der Waals surface area contributed by atoms with Gasteiger partial charge in [0.2, 0.25) is 0 Å². The quantitative estimate of drug-likeness (QED) is 0.363. The van der Waals surface area contributed by atoms with Crippen molar-refractivity contribution in [1.82, 2.24) is 0 Å². The van der Waals surface area contributed by atoms with E-state index in [2.05, 4.69) is 31.8 Å². The molecule has 1 aromatic rings. The van der Waals surface area contributed by atoms with Crippen LogP contribution in [0.4, 0.5) is 5.69 Å². The second-order valence-corrected chi connectivity index (χ2v) is 10.6. The Morgan fingerprint density at radius 3 is 2.62 bits per heavy atom. The van der Waals surface area contributed by atoms with E-state index in [9.17, 15) is 14.4 Å². The van der Waals surface area contributed by atoms with E-state index in [0.29, 0.717) is 18.4 Å². The van der Waals surface area contributed by atoms with Crippen molar-refractivity contribution in [3.63, 3.8) is 0 Å². The molecule has 182 valence electrons. The van der Waals surface area contributed by atoms with Crippen molar-refractivity contribution in [3.8, 4) is 0 Å². The Balaban J connectivity index is 1.66. The van der Waals surface area contributed by atoms with Crippen LogP contribution in [0.2, 0.25) is 0 Å². The van der Waals surface area contributed by atoms with Gasteiger partial charge >= 0.3 is 11.9 Å². The number of esters is 2. The summed E-state index contributed by atoms with van der Waals surface area (Å²) in [4.78, 5) is 36.2. The maximum Gasteiger partial charge on any atom is 0.302 e. The number of hydrogen-bond donors (Lipinski definition) is 1. The highest BCUT2D eigenvalue weighted by molar-refractivity contribution is 6.31. The predicted molar refractivity (Wildman–Crippen MR) is 131 cm³/mol. The minimum absolute atomic E-state index is 0.0670. The minimum atomic E-state index is -0.492. The molecule has 1 heterocycles. The Bertz CT molecular complexity index is 1060. The fourth-order valence-electron chi connectivity index (χ4n) is 6.83. The number of hydrogen-bond acceptors (Lipinski definition) is 5. The van der Waals surface area contributed by atoms with Crippen molar-refractivity contribution < 1.29 is 23.9 Å². The Hall–Kier alpha value is -2.89. The van der Waals surface area contributed by atoms with Gasteiger partial charge in [-0.05, 0) is 55.4 Å². The fraction of sp³-hybridized carbons (Fsp3) is 0.536. The summed E-state index contributed by atoms with van der Waals surface area (Å²) in [6.07, 6.45) is 5.81. The molecule has 5 atom stereocenters. The van der Waals surface area contributed by atoms with Crippen molar-refractivity contribution in [2.24, 2.45) is 22.7 Å². The van der Waals surface area contributed by atoms with Crippen molar-refractivity contribution in [1.29, 1.82) is 0 Å². The molecule has 34 heavy (non-hydrogen) atoms. The molecule has 0 saturated heterocycles. The molecule has 0 unspecified atom stereocenters. The number of nitrogens with one attached hydrogen (secondary N) is 1. The molecule has 4 rings (SSSR count). The fourth-order valence-corrected chi connectivity index (χ4v) is 6.83. The van der Waals surface area contributed by atoms with Gasteiger partial charge in [-0.25, -0.2) is 0 Å². The van der Waals surface area contributed by atoms with Gasteiger partial charge in [-0.3, -0.25) is 14.4 Å². The van der Waals surface area contributed by atoms with Crippen LogP contribution in [0, 0.1) is 22.7 Å². The number of ether oxygens (including phenoxy) is 2. The lowest BCUT2D eigenvalue weighted by Gasteiger charge is -2.60. The molecular weight excluding hydrogens is 430 g/mol. The maximum atomic E-state index is 12.6. The van der Waals surface area contributed by atoms with E-state index in [4.69, 9.17) is 9.47 Å². The molecule has 3 aliphatic rings. The summed E-state index contributed by atoms with van der Waals surface area (Å²) < 4.78 is 11.3. The number of amides is 1. The van der Waals surface area contributed by atoms with E-state index < -0.39 is 5.41 Å². The molecule has 0 spiro atoms. The first-order valence-corrected chi connectivity index (χ1v) is 12.2. The average molecular weight is 466 g/mol. The molecule has 6 nitrogen and oxygen atoms in total. The number of para-hydroxylation sites is 1. The van der Waals surface area contributed by atoms with Gasteiger partial charge in [0, 0.05) is 36.1 Å². The Morgan fingerprint density at radius 2 is 1.91 bits per heavy atom. The smallest absolute Gasteiger partial charge is 0.302 e. The molecule has 2 aliphatic carbocycles. The van der Waals surface area contributed by atoms with E-state index >= 15 is 0 Å². The highest BCUT2D eigenvalue weighted by atomic mass is 16.6. The Labute approximate surface area is 201 Å². The van der Waals surface area contributed by atoms with Crippen molar-refractivity contribution in [2.45, 2.75) is 65.9 Å². The second-order valence-electron chi connectivity index (χ2n) is 10.6. The lowest BCUT2D eigenvalue weighted by atomic mass is 9.46. The molecule has 0 radical (unpaired) electrons. The van der Waals surface area contributed by atoms with E-state index in [0.717, 1.165) is 30.5 Å². The van der Waals surface area contributed by atoms with Crippen LogP contribution >= 0.6 is 0 Å². The predicted octanol–water partition coefficient (Wildman–Crippen LogP) is 5.30. The van der Waals surface area contributed by atoms with Crippen molar-refractivity contribution >= 4 is 29.1 Å². The van der Waals surface area contributed by atoms with Crippen LogP contribution in [0.5, 0.6) is 0 Å². The van der Waals surface area contributed by atoms with Gasteiger partial charge in [0.25, 0.3) is 5.91 Å². The van der Waals surface area contributed by atoms with Gasteiger partial charge in [-0.15, -0.1) is 0 Å². The number of anilines is 1. The SMILES string of the molecule is C=C1CC[C@@H]2[C@](C)(COC(C)=O)[C@H](OC(C)=O)CC[C@@]2(C)[C@@H]1C/C=C1/C(=O)Nc2ccccc21. The number of rotatable bonds is 5. The summed E-state index contributed by atoms with van der Waals surface area (Å²) >= 11 is 0. The Kier molecular flexibility index (Phi) is 6.45. The normalized spacial score (nSPS) is 33.6. The molecule has 0 aromatic heterocycles. The van der Waals surface area contributed by atoms with Gasteiger partial charge in [-0.1, -0.05) is 50.3 Å². The third-order valence-electron chi connectivity index (χ3n) is 8.48. The van der Waals surface area contributed by atoms with Crippen LogP contribution in [0.1, 0.15) is 65.4 Å². The molecule has 6 heteroatoms. The first-order valence-electron chi connectivity index (χ1n) is 12.2. The molecule has 1 aliphatic heterocycles. The molecule has 1 amide bonds. The van der Waals surface area contributed by atoms with Crippen LogP contribution in [0.25, 0.3) is 5.57 Å². The van der Waals surface area contributed by atoms with Gasteiger partial charge in [0.15, 0.2) is 0 Å². The van der Waals surface area contributed by atoms with Crippen molar-refractivity contribution in [3.05, 3.63) is 48.1 Å². The first-order chi connectivity index (χ1) is 16.1. The summed E-state index contributed by atoms with van der Waals surface area (Å²) in [6.45, 7) is 11.9. The van der Waals surface area contributed by atoms with Crippen LogP contribution in [0.3, 0.4) is 0 Å². The monoisotopic (exact) mass is 465 g/mol. The maximum absolute atomic E-state index is 12.6. The van der Waals surface area contributed by atoms with Crippen molar-refractivity contribution in [2.75, 3.05) is 11.9 Å².